The van der Waals surface area contributed by atoms with E-state index in [1.807, 2.05) is 0 Å². The highest BCUT2D eigenvalue weighted by Gasteiger charge is 2.33. The predicted octanol–water partition coefficient (Wildman–Crippen LogP) is 4.69. The van der Waals surface area contributed by atoms with Crippen molar-refractivity contribution >= 4 is 17.5 Å². The van der Waals surface area contributed by atoms with Gasteiger partial charge >= 0.3 is 6.18 Å². The van der Waals surface area contributed by atoms with E-state index < -0.39 is 11.7 Å². The SMILES string of the molecule is FC(F)(F)c1ccccc1Nc1cc(C2CC2)nc(NC2CC2)n1. The summed E-state index contributed by atoms with van der Waals surface area (Å²) in [6.45, 7) is 0. The largest absolute Gasteiger partial charge is 0.418 e. The standard InChI is InChI=1S/C17H17F3N4/c18-17(19,20)12-3-1-2-4-13(12)22-15-9-14(10-5-6-10)23-16(24-15)21-11-7-8-11/h1-4,9-11H,5-8H2,(H2,21,22,23,24). The van der Waals surface area contributed by atoms with E-state index in [1.54, 1.807) is 12.1 Å². The third-order valence-electron chi connectivity index (χ3n) is 4.15. The van der Waals surface area contributed by atoms with Crippen LogP contribution < -0.4 is 10.6 Å². The number of anilines is 3. The van der Waals surface area contributed by atoms with E-state index >= 15 is 0 Å². The van der Waals surface area contributed by atoms with Gasteiger partial charge in [-0.3, -0.25) is 0 Å². The number of para-hydroxylation sites is 1. The molecule has 0 amide bonds. The van der Waals surface area contributed by atoms with Crippen LogP contribution in [0.3, 0.4) is 0 Å². The number of rotatable bonds is 5. The minimum Gasteiger partial charge on any atom is -0.351 e. The van der Waals surface area contributed by atoms with Crippen molar-refractivity contribution in [2.45, 2.75) is 43.8 Å². The lowest BCUT2D eigenvalue weighted by Crippen LogP contribution is -2.11. The summed E-state index contributed by atoms with van der Waals surface area (Å²) in [5.74, 6) is 1.28. The van der Waals surface area contributed by atoms with Gasteiger partial charge in [0.2, 0.25) is 5.95 Å². The van der Waals surface area contributed by atoms with Gasteiger partial charge < -0.3 is 10.6 Å². The van der Waals surface area contributed by atoms with Crippen molar-refractivity contribution in [3.8, 4) is 0 Å². The summed E-state index contributed by atoms with van der Waals surface area (Å²) >= 11 is 0. The highest BCUT2D eigenvalue weighted by molar-refractivity contribution is 5.62. The summed E-state index contributed by atoms with van der Waals surface area (Å²) in [5.41, 5.74) is 0.191. The third-order valence-corrected chi connectivity index (χ3v) is 4.15. The van der Waals surface area contributed by atoms with E-state index in [2.05, 4.69) is 20.6 Å². The van der Waals surface area contributed by atoms with Crippen LogP contribution in [-0.4, -0.2) is 16.0 Å². The molecule has 0 aliphatic heterocycles. The van der Waals surface area contributed by atoms with Crippen LogP contribution in [0.2, 0.25) is 0 Å². The predicted molar refractivity (Wildman–Crippen MR) is 85.4 cm³/mol. The average molecular weight is 334 g/mol. The van der Waals surface area contributed by atoms with Crippen LogP contribution >= 0.6 is 0 Å². The van der Waals surface area contributed by atoms with Gasteiger partial charge in [-0.05, 0) is 37.8 Å². The number of halogens is 3. The van der Waals surface area contributed by atoms with Gasteiger partial charge in [-0.2, -0.15) is 18.2 Å². The number of aromatic nitrogens is 2. The molecule has 1 aromatic heterocycles. The molecule has 2 N–H and O–H groups in total. The Balaban J connectivity index is 1.65. The molecule has 4 rings (SSSR count). The van der Waals surface area contributed by atoms with Crippen LogP contribution in [-0.2, 0) is 6.18 Å². The van der Waals surface area contributed by atoms with Crippen molar-refractivity contribution < 1.29 is 13.2 Å². The Kier molecular flexibility index (Phi) is 3.58. The molecule has 2 saturated carbocycles. The Bertz CT molecular complexity index is 752. The van der Waals surface area contributed by atoms with Gasteiger partial charge in [-0.25, -0.2) is 4.98 Å². The maximum atomic E-state index is 13.1. The van der Waals surface area contributed by atoms with Crippen molar-refractivity contribution in [1.82, 2.24) is 9.97 Å². The van der Waals surface area contributed by atoms with E-state index in [0.717, 1.165) is 37.4 Å². The third kappa shape index (κ3) is 3.44. The number of nitrogens with zero attached hydrogens (tertiary/aromatic N) is 2. The van der Waals surface area contributed by atoms with Gasteiger partial charge in [0.25, 0.3) is 0 Å². The zero-order valence-corrected chi connectivity index (χ0v) is 12.9. The topological polar surface area (TPSA) is 49.8 Å². The second-order valence-corrected chi connectivity index (χ2v) is 6.36. The van der Waals surface area contributed by atoms with Crippen LogP contribution in [0.5, 0.6) is 0 Å². The van der Waals surface area contributed by atoms with Crippen molar-refractivity contribution in [2.75, 3.05) is 10.6 Å². The van der Waals surface area contributed by atoms with Gasteiger partial charge in [0, 0.05) is 18.0 Å². The molecule has 0 unspecified atom stereocenters. The molecule has 0 radical (unpaired) electrons. The van der Waals surface area contributed by atoms with E-state index in [-0.39, 0.29) is 5.69 Å². The maximum absolute atomic E-state index is 13.1. The second-order valence-electron chi connectivity index (χ2n) is 6.36. The molecule has 2 aromatic rings. The van der Waals surface area contributed by atoms with Gasteiger partial charge in [0.15, 0.2) is 0 Å². The highest BCUT2D eigenvalue weighted by Crippen LogP contribution is 2.41. The number of benzene rings is 1. The summed E-state index contributed by atoms with van der Waals surface area (Å²) < 4.78 is 39.4. The zero-order valence-electron chi connectivity index (χ0n) is 12.9. The fourth-order valence-electron chi connectivity index (χ4n) is 2.57. The van der Waals surface area contributed by atoms with Crippen molar-refractivity contribution in [1.29, 1.82) is 0 Å². The number of hydrogen-bond acceptors (Lipinski definition) is 4. The van der Waals surface area contributed by atoms with E-state index in [0.29, 0.717) is 23.7 Å². The van der Waals surface area contributed by atoms with Gasteiger partial charge in [-0.1, -0.05) is 12.1 Å². The van der Waals surface area contributed by atoms with Gasteiger partial charge in [0.05, 0.1) is 16.9 Å². The fraction of sp³-hybridized carbons (Fsp3) is 0.412. The Morgan fingerprint density at radius 3 is 2.42 bits per heavy atom. The molecule has 2 aliphatic rings. The minimum atomic E-state index is -4.41. The highest BCUT2D eigenvalue weighted by atomic mass is 19.4. The Hall–Kier alpha value is -2.31. The summed E-state index contributed by atoms with van der Waals surface area (Å²) in [5, 5.41) is 6.05. The summed E-state index contributed by atoms with van der Waals surface area (Å²) in [7, 11) is 0. The fourth-order valence-corrected chi connectivity index (χ4v) is 2.57. The average Bonchev–Trinajstić information content (AvgIpc) is 3.40. The quantitative estimate of drug-likeness (QED) is 0.833. The smallest absolute Gasteiger partial charge is 0.351 e. The molecule has 0 spiro atoms. The van der Waals surface area contributed by atoms with Crippen LogP contribution in [0, 0.1) is 0 Å². The lowest BCUT2D eigenvalue weighted by atomic mass is 10.1. The summed E-state index contributed by atoms with van der Waals surface area (Å²) in [4.78, 5) is 8.85. The van der Waals surface area contributed by atoms with E-state index in [4.69, 9.17) is 0 Å². The van der Waals surface area contributed by atoms with Crippen molar-refractivity contribution in [3.63, 3.8) is 0 Å². The first-order chi connectivity index (χ1) is 11.5. The molecule has 2 aliphatic carbocycles. The summed E-state index contributed by atoms with van der Waals surface area (Å²) in [6.07, 6.45) is -0.116. The van der Waals surface area contributed by atoms with Crippen LogP contribution in [0.1, 0.15) is 42.9 Å². The minimum absolute atomic E-state index is 0.00261. The molecule has 0 saturated heterocycles. The molecule has 2 fully saturated rings. The molecule has 24 heavy (non-hydrogen) atoms. The molecule has 1 heterocycles. The van der Waals surface area contributed by atoms with E-state index in [1.165, 1.54) is 12.1 Å². The van der Waals surface area contributed by atoms with Crippen molar-refractivity contribution in [3.05, 3.63) is 41.6 Å². The van der Waals surface area contributed by atoms with Gasteiger partial charge in [0.1, 0.15) is 5.82 Å². The first-order valence-electron chi connectivity index (χ1n) is 8.08. The number of hydrogen-bond donors (Lipinski definition) is 2. The lowest BCUT2D eigenvalue weighted by Gasteiger charge is -2.15. The first kappa shape index (κ1) is 15.2. The Morgan fingerprint density at radius 1 is 1.00 bits per heavy atom. The molecular formula is C17H17F3N4. The van der Waals surface area contributed by atoms with Crippen LogP contribution in [0.15, 0.2) is 30.3 Å². The zero-order chi connectivity index (χ0) is 16.7. The molecule has 4 nitrogen and oxygen atoms in total. The molecular weight excluding hydrogens is 317 g/mol. The summed E-state index contributed by atoms with van der Waals surface area (Å²) in [6, 6.07) is 7.57. The first-order valence-corrected chi connectivity index (χ1v) is 8.08. The Labute approximate surface area is 137 Å². The second kappa shape index (κ2) is 5.65. The monoisotopic (exact) mass is 334 g/mol. The van der Waals surface area contributed by atoms with Crippen molar-refractivity contribution in [2.24, 2.45) is 0 Å². The van der Waals surface area contributed by atoms with E-state index in [9.17, 15) is 13.2 Å². The molecule has 0 bridgehead atoms. The molecule has 0 atom stereocenters. The van der Waals surface area contributed by atoms with Crippen LogP contribution in [0.4, 0.5) is 30.6 Å². The number of alkyl halides is 3. The maximum Gasteiger partial charge on any atom is 0.418 e. The Morgan fingerprint density at radius 2 is 1.75 bits per heavy atom. The molecule has 126 valence electrons. The molecule has 7 heteroatoms. The normalized spacial score (nSPS) is 17.6. The van der Waals surface area contributed by atoms with Gasteiger partial charge in [-0.15, -0.1) is 0 Å². The number of nitrogens with one attached hydrogen (secondary N) is 2. The van der Waals surface area contributed by atoms with Crippen LogP contribution in [0.25, 0.3) is 0 Å². The lowest BCUT2D eigenvalue weighted by molar-refractivity contribution is -0.136. The molecule has 1 aromatic carbocycles.